The van der Waals surface area contributed by atoms with Crippen LogP contribution in [0.15, 0.2) is 0 Å². The summed E-state index contributed by atoms with van der Waals surface area (Å²) in [7, 11) is -3.45. The first-order chi connectivity index (χ1) is 7.86. The van der Waals surface area contributed by atoms with Crippen molar-refractivity contribution >= 4 is 10.2 Å². The molecule has 0 amide bonds. The standard InChI is InChI=1S/C11H24N2O3S/c1-9(2)11(8-14)12-17(15,16)13-6-4-5-10(3)7-13/h9-12,14H,4-8H2,1-3H3. The van der Waals surface area contributed by atoms with Gasteiger partial charge in [0.25, 0.3) is 10.2 Å². The Morgan fingerprint density at radius 2 is 2.12 bits per heavy atom. The molecule has 1 fully saturated rings. The Bertz CT molecular complexity index is 330. The van der Waals surface area contributed by atoms with Gasteiger partial charge in [0.1, 0.15) is 0 Å². The third kappa shape index (κ3) is 4.21. The monoisotopic (exact) mass is 264 g/mol. The predicted molar refractivity (Wildman–Crippen MR) is 67.7 cm³/mol. The van der Waals surface area contributed by atoms with Crippen LogP contribution < -0.4 is 4.72 Å². The van der Waals surface area contributed by atoms with Crippen LogP contribution in [0.4, 0.5) is 0 Å². The minimum absolute atomic E-state index is 0.0805. The molecule has 17 heavy (non-hydrogen) atoms. The molecular weight excluding hydrogens is 240 g/mol. The van der Waals surface area contributed by atoms with E-state index in [1.165, 1.54) is 4.31 Å². The van der Waals surface area contributed by atoms with Gasteiger partial charge in [-0.05, 0) is 24.7 Å². The van der Waals surface area contributed by atoms with E-state index in [1.807, 2.05) is 13.8 Å². The van der Waals surface area contributed by atoms with E-state index < -0.39 is 16.3 Å². The highest BCUT2D eigenvalue weighted by atomic mass is 32.2. The van der Waals surface area contributed by atoms with Crippen molar-refractivity contribution in [2.45, 2.75) is 39.7 Å². The zero-order valence-electron chi connectivity index (χ0n) is 10.9. The summed E-state index contributed by atoms with van der Waals surface area (Å²) in [4.78, 5) is 0. The quantitative estimate of drug-likeness (QED) is 0.763. The second-order valence-electron chi connectivity index (χ2n) is 5.26. The summed E-state index contributed by atoms with van der Waals surface area (Å²) in [5.41, 5.74) is 0. The first-order valence-corrected chi connectivity index (χ1v) is 7.69. The third-order valence-corrected chi connectivity index (χ3v) is 4.87. The number of aliphatic hydroxyl groups is 1. The smallest absolute Gasteiger partial charge is 0.279 e. The van der Waals surface area contributed by atoms with Crippen LogP contribution in [0.1, 0.15) is 33.6 Å². The van der Waals surface area contributed by atoms with Crippen LogP contribution in [0.5, 0.6) is 0 Å². The minimum atomic E-state index is -3.45. The molecule has 0 aromatic heterocycles. The largest absolute Gasteiger partial charge is 0.395 e. The van der Waals surface area contributed by atoms with Gasteiger partial charge in [-0.3, -0.25) is 0 Å². The number of hydrogen-bond donors (Lipinski definition) is 2. The van der Waals surface area contributed by atoms with Crippen molar-refractivity contribution in [3.63, 3.8) is 0 Å². The lowest BCUT2D eigenvalue weighted by atomic mass is 10.0. The number of nitrogens with one attached hydrogen (secondary N) is 1. The van der Waals surface area contributed by atoms with Crippen LogP contribution in [0.3, 0.4) is 0 Å². The summed E-state index contributed by atoms with van der Waals surface area (Å²) >= 11 is 0. The first-order valence-electron chi connectivity index (χ1n) is 6.25. The molecule has 5 nitrogen and oxygen atoms in total. The number of nitrogens with zero attached hydrogens (tertiary/aromatic N) is 1. The third-order valence-electron chi connectivity index (χ3n) is 3.26. The molecule has 0 spiro atoms. The Hall–Kier alpha value is -0.170. The SMILES string of the molecule is CC1CCCN(S(=O)(=O)NC(CO)C(C)C)C1. The summed E-state index contributed by atoms with van der Waals surface area (Å²) in [5, 5.41) is 9.16. The summed E-state index contributed by atoms with van der Waals surface area (Å²) in [6.45, 7) is 6.83. The predicted octanol–water partition coefficient (Wildman–Crippen LogP) is 0.570. The second kappa shape index (κ2) is 6.13. The lowest BCUT2D eigenvalue weighted by molar-refractivity contribution is 0.220. The van der Waals surface area contributed by atoms with Gasteiger partial charge in [-0.15, -0.1) is 0 Å². The van der Waals surface area contributed by atoms with Crippen molar-refractivity contribution < 1.29 is 13.5 Å². The zero-order chi connectivity index (χ0) is 13.1. The fourth-order valence-corrected chi connectivity index (χ4v) is 3.71. The van der Waals surface area contributed by atoms with Gasteiger partial charge in [-0.25, -0.2) is 0 Å². The maximum Gasteiger partial charge on any atom is 0.279 e. The van der Waals surface area contributed by atoms with E-state index in [4.69, 9.17) is 5.11 Å². The van der Waals surface area contributed by atoms with Crippen molar-refractivity contribution in [2.75, 3.05) is 19.7 Å². The van der Waals surface area contributed by atoms with E-state index in [1.54, 1.807) is 0 Å². The van der Waals surface area contributed by atoms with Crippen molar-refractivity contribution in [1.29, 1.82) is 0 Å². The van der Waals surface area contributed by atoms with E-state index in [2.05, 4.69) is 11.6 Å². The van der Waals surface area contributed by atoms with Crippen LogP contribution in [0, 0.1) is 11.8 Å². The Kier molecular flexibility index (Phi) is 5.37. The highest BCUT2D eigenvalue weighted by molar-refractivity contribution is 7.87. The Morgan fingerprint density at radius 3 is 2.59 bits per heavy atom. The average molecular weight is 264 g/mol. The lowest BCUT2D eigenvalue weighted by Gasteiger charge is -2.32. The molecule has 2 atom stereocenters. The zero-order valence-corrected chi connectivity index (χ0v) is 11.7. The molecule has 1 aliphatic heterocycles. The van der Waals surface area contributed by atoms with Crippen LogP contribution >= 0.6 is 0 Å². The number of hydrogen-bond acceptors (Lipinski definition) is 3. The number of rotatable bonds is 5. The van der Waals surface area contributed by atoms with Gasteiger partial charge in [-0.1, -0.05) is 20.8 Å². The molecule has 1 rings (SSSR count). The van der Waals surface area contributed by atoms with Crippen LogP contribution in [0.2, 0.25) is 0 Å². The summed E-state index contributed by atoms with van der Waals surface area (Å²) < 4.78 is 28.3. The van der Waals surface area contributed by atoms with Gasteiger partial charge in [0.05, 0.1) is 6.61 Å². The van der Waals surface area contributed by atoms with Gasteiger partial charge in [0.2, 0.25) is 0 Å². The average Bonchev–Trinajstić information content (AvgIpc) is 2.25. The molecule has 1 aliphatic rings. The molecule has 0 aliphatic carbocycles. The molecule has 2 unspecified atom stereocenters. The normalized spacial score (nSPS) is 25.1. The minimum Gasteiger partial charge on any atom is -0.395 e. The van der Waals surface area contributed by atoms with Gasteiger partial charge in [0, 0.05) is 19.1 Å². The number of piperidine rings is 1. The molecule has 0 saturated carbocycles. The van der Waals surface area contributed by atoms with Crippen LogP contribution in [-0.2, 0) is 10.2 Å². The Labute approximate surface area is 104 Å². The maximum absolute atomic E-state index is 12.1. The molecule has 0 bridgehead atoms. The Morgan fingerprint density at radius 1 is 1.47 bits per heavy atom. The highest BCUT2D eigenvalue weighted by Gasteiger charge is 2.29. The fourth-order valence-electron chi connectivity index (χ4n) is 2.01. The molecule has 0 aromatic rings. The van der Waals surface area contributed by atoms with Gasteiger partial charge in [0.15, 0.2) is 0 Å². The molecular formula is C11H24N2O3S. The van der Waals surface area contributed by atoms with Gasteiger partial charge in [-0.2, -0.15) is 17.4 Å². The van der Waals surface area contributed by atoms with E-state index in [0.717, 1.165) is 12.8 Å². The highest BCUT2D eigenvalue weighted by Crippen LogP contribution is 2.18. The maximum atomic E-state index is 12.1. The summed E-state index contributed by atoms with van der Waals surface area (Å²) in [6, 6.07) is -0.405. The van der Waals surface area contributed by atoms with Crippen molar-refractivity contribution in [1.82, 2.24) is 9.03 Å². The summed E-state index contributed by atoms with van der Waals surface area (Å²) in [5.74, 6) is 0.490. The fraction of sp³-hybridized carbons (Fsp3) is 1.00. The Balaban J connectivity index is 2.67. The van der Waals surface area contributed by atoms with Crippen molar-refractivity contribution in [2.24, 2.45) is 11.8 Å². The van der Waals surface area contributed by atoms with E-state index in [9.17, 15) is 8.42 Å². The van der Waals surface area contributed by atoms with E-state index >= 15 is 0 Å². The lowest BCUT2D eigenvalue weighted by Crippen LogP contribution is -2.51. The van der Waals surface area contributed by atoms with Gasteiger partial charge < -0.3 is 5.11 Å². The molecule has 2 N–H and O–H groups in total. The number of aliphatic hydroxyl groups excluding tert-OH is 1. The second-order valence-corrected chi connectivity index (χ2v) is 6.96. The van der Waals surface area contributed by atoms with Crippen LogP contribution in [0.25, 0.3) is 0 Å². The topological polar surface area (TPSA) is 69.6 Å². The van der Waals surface area contributed by atoms with Crippen molar-refractivity contribution in [3.05, 3.63) is 0 Å². The summed E-state index contributed by atoms with van der Waals surface area (Å²) in [6.07, 6.45) is 1.99. The van der Waals surface area contributed by atoms with E-state index in [-0.39, 0.29) is 12.5 Å². The molecule has 1 heterocycles. The van der Waals surface area contributed by atoms with E-state index in [0.29, 0.717) is 19.0 Å². The molecule has 0 radical (unpaired) electrons. The molecule has 6 heteroatoms. The molecule has 1 saturated heterocycles. The molecule has 0 aromatic carbocycles. The van der Waals surface area contributed by atoms with Crippen molar-refractivity contribution in [3.8, 4) is 0 Å². The molecule has 102 valence electrons. The van der Waals surface area contributed by atoms with Gasteiger partial charge >= 0.3 is 0 Å². The first kappa shape index (κ1) is 14.9. The van der Waals surface area contributed by atoms with Crippen LogP contribution in [-0.4, -0.2) is 43.6 Å².